The van der Waals surface area contributed by atoms with E-state index in [0.29, 0.717) is 27.4 Å². The van der Waals surface area contributed by atoms with Crippen LogP contribution in [-0.2, 0) is 0 Å². The topological polar surface area (TPSA) is 91.9 Å². The minimum atomic E-state index is -0.396. The molecule has 0 radical (unpaired) electrons. The number of aromatic nitrogens is 2. The molecule has 0 bridgehead atoms. The highest BCUT2D eigenvalue weighted by molar-refractivity contribution is 7.16. The van der Waals surface area contributed by atoms with E-state index >= 15 is 0 Å². The molecule has 0 fully saturated rings. The standard InChI is InChI=1S/C19H13N3O3S/c1-10-3-4-13-14(5-10)22-18(21-13)12(9-20)6-11-7-15(24-2)17-16(8-11)26-19(23)25-17/h3-8H,1-2H3,(H,21,22). The second-order valence-electron chi connectivity index (χ2n) is 5.78. The van der Waals surface area contributed by atoms with Gasteiger partial charge in [0.25, 0.3) is 0 Å². The Balaban J connectivity index is 1.85. The van der Waals surface area contributed by atoms with E-state index in [9.17, 15) is 10.1 Å². The maximum Gasteiger partial charge on any atom is 0.396 e. The van der Waals surface area contributed by atoms with Crippen molar-refractivity contribution in [3.8, 4) is 11.8 Å². The number of ether oxygens (including phenoxy) is 1. The van der Waals surface area contributed by atoms with Gasteiger partial charge in [-0.15, -0.1) is 0 Å². The maximum atomic E-state index is 11.5. The van der Waals surface area contributed by atoms with Gasteiger partial charge < -0.3 is 14.1 Å². The highest BCUT2D eigenvalue weighted by Gasteiger charge is 2.12. The normalized spacial score (nSPS) is 11.8. The molecule has 4 rings (SSSR count). The summed E-state index contributed by atoms with van der Waals surface area (Å²) in [5.74, 6) is 0.942. The van der Waals surface area contributed by atoms with Crippen LogP contribution in [0.3, 0.4) is 0 Å². The predicted molar refractivity (Wildman–Crippen MR) is 101 cm³/mol. The van der Waals surface area contributed by atoms with Gasteiger partial charge in [-0.2, -0.15) is 5.26 Å². The van der Waals surface area contributed by atoms with Crippen LogP contribution in [0.4, 0.5) is 0 Å². The number of nitriles is 1. The van der Waals surface area contributed by atoms with Crippen molar-refractivity contribution in [1.82, 2.24) is 9.97 Å². The number of aromatic amines is 1. The van der Waals surface area contributed by atoms with Crippen LogP contribution in [-0.4, -0.2) is 17.1 Å². The van der Waals surface area contributed by atoms with Crippen molar-refractivity contribution in [1.29, 1.82) is 5.26 Å². The van der Waals surface area contributed by atoms with E-state index in [4.69, 9.17) is 9.15 Å². The molecular formula is C19H13N3O3S. The summed E-state index contributed by atoms with van der Waals surface area (Å²) in [5.41, 5.74) is 4.31. The van der Waals surface area contributed by atoms with Crippen molar-refractivity contribution in [2.45, 2.75) is 6.92 Å². The maximum absolute atomic E-state index is 11.5. The second-order valence-corrected chi connectivity index (χ2v) is 6.76. The lowest BCUT2D eigenvalue weighted by Gasteiger charge is -2.02. The summed E-state index contributed by atoms with van der Waals surface area (Å²) in [4.78, 5) is 18.8. The number of nitrogens with zero attached hydrogens (tertiary/aromatic N) is 2. The fourth-order valence-electron chi connectivity index (χ4n) is 2.77. The van der Waals surface area contributed by atoms with Gasteiger partial charge in [0.05, 0.1) is 28.4 Å². The Labute approximate surface area is 152 Å². The SMILES string of the molecule is COc1cc(C=C(C#N)c2nc3ccc(C)cc3[nH]2)cc2sc(=O)oc12. The summed E-state index contributed by atoms with van der Waals surface area (Å²) in [7, 11) is 1.51. The summed E-state index contributed by atoms with van der Waals surface area (Å²) < 4.78 is 11.1. The smallest absolute Gasteiger partial charge is 0.396 e. The zero-order valence-corrected chi connectivity index (χ0v) is 14.8. The first-order chi connectivity index (χ1) is 12.6. The lowest BCUT2D eigenvalue weighted by atomic mass is 10.1. The molecule has 7 heteroatoms. The van der Waals surface area contributed by atoms with Crippen LogP contribution in [0, 0.1) is 18.3 Å². The average Bonchev–Trinajstić information content (AvgIpc) is 3.20. The number of H-pyrrole nitrogens is 1. The van der Waals surface area contributed by atoms with E-state index in [1.807, 2.05) is 25.1 Å². The van der Waals surface area contributed by atoms with E-state index in [0.717, 1.165) is 33.5 Å². The van der Waals surface area contributed by atoms with Crippen molar-refractivity contribution >= 4 is 44.3 Å². The first-order valence-corrected chi connectivity index (χ1v) is 8.59. The molecule has 128 valence electrons. The summed E-state index contributed by atoms with van der Waals surface area (Å²) >= 11 is 0.994. The third kappa shape index (κ3) is 2.76. The van der Waals surface area contributed by atoms with Crippen molar-refractivity contribution in [3.05, 3.63) is 57.0 Å². The number of allylic oxidation sites excluding steroid dienone is 1. The lowest BCUT2D eigenvalue weighted by molar-refractivity contribution is 0.408. The Kier molecular flexibility index (Phi) is 3.82. The molecule has 6 nitrogen and oxygen atoms in total. The molecule has 26 heavy (non-hydrogen) atoms. The van der Waals surface area contributed by atoms with Gasteiger partial charge in [-0.3, -0.25) is 0 Å². The molecule has 4 aromatic rings. The van der Waals surface area contributed by atoms with E-state index in [1.54, 1.807) is 18.2 Å². The van der Waals surface area contributed by atoms with Crippen LogP contribution in [0.1, 0.15) is 17.0 Å². The van der Waals surface area contributed by atoms with Crippen LogP contribution in [0.5, 0.6) is 5.75 Å². The van der Waals surface area contributed by atoms with Crippen molar-refractivity contribution < 1.29 is 9.15 Å². The quantitative estimate of drug-likeness (QED) is 0.553. The number of benzene rings is 2. The Morgan fingerprint density at radius 3 is 3.00 bits per heavy atom. The number of fused-ring (bicyclic) bond motifs is 2. The molecule has 0 saturated carbocycles. The zero-order valence-electron chi connectivity index (χ0n) is 14.0. The Morgan fingerprint density at radius 2 is 2.23 bits per heavy atom. The largest absolute Gasteiger partial charge is 0.493 e. The molecule has 0 spiro atoms. The number of imidazole rings is 1. The van der Waals surface area contributed by atoms with Gasteiger partial charge in [0.1, 0.15) is 11.9 Å². The van der Waals surface area contributed by atoms with E-state index < -0.39 is 4.94 Å². The number of nitrogens with one attached hydrogen (secondary N) is 1. The fourth-order valence-corrected chi connectivity index (χ4v) is 3.51. The zero-order chi connectivity index (χ0) is 18.3. The third-order valence-electron chi connectivity index (χ3n) is 3.97. The number of aryl methyl sites for hydroxylation is 1. The summed E-state index contributed by atoms with van der Waals surface area (Å²) in [6, 6.07) is 11.6. The first kappa shape index (κ1) is 16.1. The van der Waals surface area contributed by atoms with Gasteiger partial charge in [0.2, 0.25) is 0 Å². The van der Waals surface area contributed by atoms with Crippen molar-refractivity contribution in [2.75, 3.05) is 7.11 Å². The molecule has 1 N–H and O–H groups in total. The van der Waals surface area contributed by atoms with Crippen LogP contribution in [0.25, 0.3) is 33.0 Å². The lowest BCUT2D eigenvalue weighted by Crippen LogP contribution is -1.87. The Bertz CT molecular complexity index is 1270. The highest BCUT2D eigenvalue weighted by Crippen LogP contribution is 2.31. The van der Waals surface area contributed by atoms with Gasteiger partial charge in [0.15, 0.2) is 11.3 Å². The van der Waals surface area contributed by atoms with Gasteiger partial charge >= 0.3 is 4.94 Å². The summed E-state index contributed by atoms with van der Waals surface area (Å²) in [5, 5.41) is 9.59. The minimum Gasteiger partial charge on any atom is -0.493 e. The van der Waals surface area contributed by atoms with E-state index in [2.05, 4.69) is 16.0 Å². The molecule has 2 heterocycles. The molecule has 0 saturated heterocycles. The molecule has 0 aliphatic rings. The van der Waals surface area contributed by atoms with Crippen LogP contribution in [0.15, 0.2) is 39.5 Å². The molecule has 0 aliphatic carbocycles. The van der Waals surface area contributed by atoms with Crippen LogP contribution >= 0.6 is 11.3 Å². The number of rotatable bonds is 3. The van der Waals surface area contributed by atoms with Crippen LogP contribution in [0.2, 0.25) is 0 Å². The van der Waals surface area contributed by atoms with Gasteiger partial charge in [-0.25, -0.2) is 9.78 Å². The van der Waals surface area contributed by atoms with E-state index in [1.165, 1.54) is 7.11 Å². The number of hydrogen-bond donors (Lipinski definition) is 1. The molecule has 0 atom stereocenters. The predicted octanol–water partition coefficient (Wildman–Crippen LogP) is 4.11. The van der Waals surface area contributed by atoms with Crippen LogP contribution < -0.4 is 9.68 Å². The summed E-state index contributed by atoms with van der Waals surface area (Å²) in [6.45, 7) is 2.00. The van der Waals surface area contributed by atoms with Gasteiger partial charge in [-0.1, -0.05) is 17.4 Å². The number of hydrogen-bond acceptors (Lipinski definition) is 6. The molecular weight excluding hydrogens is 350 g/mol. The Hall–Kier alpha value is -3.37. The molecule has 2 aromatic carbocycles. The second kappa shape index (κ2) is 6.17. The fraction of sp³-hybridized carbons (Fsp3) is 0.105. The average molecular weight is 363 g/mol. The highest BCUT2D eigenvalue weighted by atomic mass is 32.1. The third-order valence-corrected chi connectivity index (χ3v) is 4.74. The van der Waals surface area contributed by atoms with Crippen molar-refractivity contribution in [2.24, 2.45) is 0 Å². The summed E-state index contributed by atoms with van der Waals surface area (Å²) in [6.07, 6.45) is 1.71. The molecule has 2 aromatic heterocycles. The van der Waals surface area contributed by atoms with E-state index in [-0.39, 0.29) is 0 Å². The molecule has 0 amide bonds. The molecule has 0 unspecified atom stereocenters. The van der Waals surface area contributed by atoms with Crippen molar-refractivity contribution in [3.63, 3.8) is 0 Å². The van der Waals surface area contributed by atoms with Gasteiger partial charge in [-0.05, 0) is 48.4 Å². The molecule has 0 aliphatic heterocycles. The number of methoxy groups -OCH3 is 1. The Morgan fingerprint density at radius 1 is 1.38 bits per heavy atom. The monoisotopic (exact) mass is 363 g/mol. The minimum absolute atomic E-state index is 0.385. The first-order valence-electron chi connectivity index (χ1n) is 7.77. The van der Waals surface area contributed by atoms with Gasteiger partial charge in [0, 0.05) is 0 Å².